The van der Waals surface area contributed by atoms with Gasteiger partial charge in [0, 0.05) is 0 Å². The summed E-state index contributed by atoms with van der Waals surface area (Å²) in [6.07, 6.45) is 2.38. The Hall–Kier alpha value is -2.18. The van der Waals surface area contributed by atoms with E-state index < -0.39 is 10.1 Å². The van der Waals surface area contributed by atoms with E-state index in [9.17, 15) is 13.2 Å². The van der Waals surface area contributed by atoms with Crippen LogP contribution in [0.15, 0.2) is 48.5 Å². The number of aryl methyl sites for hydroxylation is 1. The van der Waals surface area contributed by atoms with Crippen LogP contribution in [0.3, 0.4) is 0 Å². The van der Waals surface area contributed by atoms with Gasteiger partial charge in [0.1, 0.15) is 5.75 Å². The highest BCUT2D eigenvalue weighted by molar-refractivity contribution is 7.85. The van der Waals surface area contributed by atoms with Gasteiger partial charge in [0.15, 0.2) is 0 Å². The number of methoxy groups -OCH3 is 1. The zero-order chi connectivity index (χ0) is 18.6. The normalized spacial score (nSPS) is 16.7. The maximum Gasteiger partial charge on any atom is 0.337 e. The fourth-order valence-electron chi connectivity index (χ4n) is 3.24. The number of rotatable bonds is 6. The minimum Gasteiger partial charge on any atom is -0.465 e. The molecule has 0 bridgehead atoms. The predicted octanol–water partition coefficient (Wildman–Crippen LogP) is 3.12. The van der Waals surface area contributed by atoms with Crippen molar-refractivity contribution in [2.45, 2.75) is 25.0 Å². The van der Waals surface area contributed by atoms with E-state index in [4.69, 9.17) is 8.92 Å². The van der Waals surface area contributed by atoms with Crippen molar-refractivity contribution in [2.75, 3.05) is 13.7 Å². The summed E-state index contributed by atoms with van der Waals surface area (Å²) in [5.74, 6) is -0.304. The number of benzene rings is 2. The Kier molecular flexibility index (Phi) is 5.74. The molecule has 6 heteroatoms. The lowest BCUT2D eigenvalue weighted by molar-refractivity contribution is 0.0600. The molecule has 1 aliphatic carbocycles. The summed E-state index contributed by atoms with van der Waals surface area (Å²) in [7, 11) is -2.23. The topological polar surface area (TPSA) is 69.7 Å². The lowest BCUT2D eigenvalue weighted by Crippen LogP contribution is -2.22. The molecule has 0 spiro atoms. The molecule has 0 N–H and O–H groups in total. The molecule has 5 nitrogen and oxygen atoms in total. The molecule has 0 radical (unpaired) electrons. The molecule has 0 aromatic heterocycles. The maximum absolute atomic E-state index is 12.2. The molecule has 0 saturated heterocycles. The summed E-state index contributed by atoms with van der Waals surface area (Å²) >= 11 is 0. The molecule has 1 aliphatic rings. The van der Waals surface area contributed by atoms with Crippen LogP contribution in [0.25, 0.3) is 0 Å². The Morgan fingerprint density at radius 3 is 2.62 bits per heavy atom. The summed E-state index contributed by atoms with van der Waals surface area (Å²) < 4.78 is 34.3. The number of carbonyl (C=O) groups is 1. The minimum atomic E-state index is -3.59. The van der Waals surface area contributed by atoms with Gasteiger partial charge >= 0.3 is 5.97 Å². The Labute approximate surface area is 154 Å². The number of carbonyl (C=O) groups excluding carboxylic acids is 1. The van der Waals surface area contributed by atoms with Crippen LogP contribution in [0.5, 0.6) is 0 Å². The molecule has 0 amide bonds. The van der Waals surface area contributed by atoms with E-state index in [0.29, 0.717) is 5.56 Å². The highest BCUT2D eigenvalue weighted by Crippen LogP contribution is 2.27. The Morgan fingerprint density at radius 2 is 1.88 bits per heavy atom. The van der Waals surface area contributed by atoms with Crippen molar-refractivity contribution in [3.63, 3.8) is 0 Å². The zero-order valence-corrected chi connectivity index (χ0v) is 15.5. The van der Waals surface area contributed by atoms with E-state index in [-0.39, 0.29) is 24.2 Å². The number of fused-ring (bicyclic) bond motifs is 1. The van der Waals surface area contributed by atoms with Gasteiger partial charge in [-0.2, -0.15) is 8.42 Å². The average molecular weight is 374 g/mol. The molecule has 26 heavy (non-hydrogen) atoms. The molecule has 3 rings (SSSR count). The van der Waals surface area contributed by atoms with Gasteiger partial charge < -0.3 is 4.74 Å². The molecule has 0 fully saturated rings. The first-order valence-corrected chi connectivity index (χ1v) is 10.2. The van der Waals surface area contributed by atoms with Crippen molar-refractivity contribution in [1.29, 1.82) is 0 Å². The summed E-state index contributed by atoms with van der Waals surface area (Å²) in [5.41, 5.74) is 3.53. The first kappa shape index (κ1) is 18.6. The third-order valence-electron chi connectivity index (χ3n) is 4.63. The lowest BCUT2D eigenvalue weighted by Gasteiger charge is -2.24. The summed E-state index contributed by atoms with van der Waals surface area (Å²) in [6.45, 7) is 0.188. The molecule has 0 saturated carbocycles. The molecule has 2 aromatic rings. The van der Waals surface area contributed by atoms with E-state index in [1.807, 2.05) is 30.3 Å². The van der Waals surface area contributed by atoms with Crippen LogP contribution in [0.4, 0.5) is 0 Å². The van der Waals surface area contributed by atoms with Gasteiger partial charge in [-0.25, -0.2) is 4.79 Å². The van der Waals surface area contributed by atoms with Crippen LogP contribution >= 0.6 is 0 Å². The fraction of sp³-hybridized carbons (Fsp3) is 0.350. The largest absolute Gasteiger partial charge is 0.465 e. The average Bonchev–Trinajstić information content (AvgIpc) is 2.65. The first-order valence-electron chi connectivity index (χ1n) is 8.58. The molecule has 1 atom stereocenters. The predicted molar refractivity (Wildman–Crippen MR) is 98.3 cm³/mol. The molecule has 2 aromatic carbocycles. The number of esters is 1. The summed E-state index contributed by atoms with van der Waals surface area (Å²) in [6, 6.07) is 14.6. The van der Waals surface area contributed by atoms with Crippen LogP contribution in [-0.4, -0.2) is 28.1 Å². The SMILES string of the molecule is COC(=O)c1ccc2c(c1)CCC(COS(=O)(=O)Cc1ccccc1)C2. The third kappa shape index (κ3) is 4.71. The van der Waals surface area contributed by atoms with Crippen LogP contribution in [-0.2, 0) is 37.6 Å². The van der Waals surface area contributed by atoms with E-state index in [1.165, 1.54) is 7.11 Å². The Balaban J connectivity index is 1.58. The van der Waals surface area contributed by atoms with Crippen molar-refractivity contribution in [2.24, 2.45) is 5.92 Å². The fourth-order valence-corrected chi connectivity index (χ4v) is 4.32. The zero-order valence-electron chi connectivity index (χ0n) is 14.7. The third-order valence-corrected chi connectivity index (χ3v) is 5.81. The molecular formula is C20H22O5S. The maximum atomic E-state index is 12.2. The van der Waals surface area contributed by atoms with Crippen LogP contribution in [0.1, 0.15) is 33.5 Å². The second kappa shape index (κ2) is 8.01. The van der Waals surface area contributed by atoms with Crippen molar-refractivity contribution in [3.05, 3.63) is 70.8 Å². The molecular weight excluding hydrogens is 352 g/mol. The van der Waals surface area contributed by atoms with Crippen molar-refractivity contribution >= 4 is 16.1 Å². The van der Waals surface area contributed by atoms with Crippen molar-refractivity contribution in [3.8, 4) is 0 Å². The molecule has 1 unspecified atom stereocenters. The molecule has 0 heterocycles. The van der Waals surface area contributed by atoms with E-state index >= 15 is 0 Å². The van der Waals surface area contributed by atoms with E-state index in [1.54, 1.807) is 18.2 Å². The Bertz CT molecular complexity index is 874. The van der Waals surface area contributed by atoms with Crippen LogP contribution in [0.2, 0.25) is 0 Å². The quantitative estimate of drug-likeness (QED) is 0.574. The summed E-state index contributed by atoms with van der Waals surface area (Å²) in [5, 5.41) is 0. The molecule has 0 aliphatic heterocycles. The monoisotopic (exact) mass is 374 g/mol. The Morgan fingerprint density at radius 1 is 1.12 bits per heavy atom. The van der Waals surface area contributed by atoms with Gasteiger partial charge in [0.2, 0.25) is 0 Å². The van der Waals surface area contributed by atoms with Gasteiger partial charge in [-0.1, -0.05) is 36.4 Å². The van der Waals surface area contributed by atoms with Gasteiger partial charge in [-0.15, -0.1) is 0 Å². The smallest absolute Gasteiger partial charge is 0.337 e. The number of hydrogen-bond donors (Lipinski definition) is 0. The highest BCUT2D eigenvalue weighted by atomic mass is 32.2. The van der Waals surface area contributed by atoms with Crippen molar-refractivity contribution in [1.82, 2.24) is 0 Å². The van der Waals surface area contributed by atoms with E-state index in [2.05, 4.69) is 0 Å². The highest BCUT2D eigenvalue weighted by Gasteiger charge is 2.23. The standard InChI is InChI=1S/C20H22O5S/c1-24-20(21)19-10-9-17-11-16(7-8-18(17)12-19)13-25-26(22,23)14-15-5-3-2-4-6-15/h2-6,9-10,12,16H,7-8,11,13-14H2,1H3. The minimum absolute atomic E-state index is 0.111. The summed E-state index contributed by atoms with van der Waals surface area (Å²) in [4.78, 5) is 11.6. The first-order chi connectivity index (χ1) is 12.5. The molecule has 138 valence electrons. The van der Waals surface area contributed by atoms with Crippen molar-refractivity contribution < 1.29 is 22.1 Å². The van der Waals surface area contributed by atoms with Gasteiger partial charge in [-0.3, -0.25) is 4.18 Å². The second-order valence-corrected chi connectivity index (χ2v) is 8.20. The number of ether oxygens (including phenoxy) is 1. The van der Waals surface area contributed by atoms with Gasteiger partial charge in [0.25, 0.3) is 10.1 Å². The number of hydrogen-bond acceptors (Lipinski definition) is 5. The van der Waals surface area contributed by atoms with Crippen LogP contribution < -0.4 is 0 Å². The second-order valence-electron chi connectivity index (χ2n) is 6.56. The van der Waals surface area contributed by atoms with Crippen LogP contribution in [0, 0.1) is 5.92 Å². The van der Waals surface area contributed by atoms with Gasteiger partial charge in [0.05, 0.1) is 19.3 Å². The van der Waals surface area contributed by atoms with E-state index in [0.717, 1.165) is 36.0 Å². The lowest BCUT2D eigenvalue weighted by atomic mass is 9.83. The van der Waals surface area contributed by atoms with Gasteiger partial charge in [-0.05, 0) is 54.0 Å².